The predicted molar refractivity (Wildman–Crippen MR) is 89.0 cm³/mol. The van der Waals surface area contributed by atoms with Crippen LogP contribution in [0.1, 0.15) is 23.0 Å². The number of hydrogen-bond acceptors (Lipinski definition) is 3. The normalized spacial score (nSPS) is 11.0. The number of halogens is 2. The Morgan fingerprint density at radius 3 is 2.79 bits per heavy atom. The monoisotopic (exact) mass is 348 g/mol. The molecule has 1 N–H and O–H groups in total. The van der Waals surface area contributed by atoms with Gasteiger partial charge in [0.15, 0.2) is 0 Å². The largest absolute Gasteiger partial charge is 0.461 e. The number of pyridine rings is 1. The van der Waals surface area contributed by atoms with Gasteiger partial charge in [-0.05, 0) is 36.8 Å². The zero-order chi connectivity index (χ0) is 17.3. The SMILES string of the molecule is CCOC(=O)c1cc2[nH]c(=O)ccc2n1Cc1ccc(F)c(Cl)c1. The molecule has 2 heterocycles. The number of nitrogens with one attached hydrogen (secondary N) is 1. The molecule has 0 saturated heterocycles. The van der Waals surface area contributed by atoms with E-state index >= 15 is 0 Å². The van der Waals surface area contributed by atoms with Gasteiger partial charge in [-0.1, -0.05) is 17.7 Å². The van der Waals surface area contributed by atoms with Crippen molar-refractivity contribution in [1.82, 2.24) is 9.55 Å². The van der Waals surface area contributed by atoms with Gasteiger partial charge in [0.25, 0.3) is 0 Å². The van der Waals surface area contributed by atoms with E-state index in [2.05, 4.69) is 4.98 Å². The van der Waals surface area contributed by atoms with Crippen LogP contribution in [0, 0.1) is 5.82 Å². The molecule has 0 aliphatic carbocycles. The molecule has 0 unspecified atom stereocenters. The average Bonchev–Trinajstić information content (AvgIpc) is 2.89. The van der Waals surface area contributed by atoms with Gasteiger partial charge in [0, 0.05) is 12.6 Å². The summed E-state index contributed by atoms with van der Waals surface area (Å²) in [4.78, 5) is 26.4. The second-order valence-corrected chi connectivity index (χ2v) is 5.61. The number of benzene rings is 1. The van der Waals surface area contributed by atoms with Gasteiger partial charge in [-0.2, -0.15) is 0 Å². The van der Waals surface area contributed by atoms with Crippen molar-refractivity contribution in [1.29, 1.82) is 0 Å². The van der Waals surface area contributed by atoms with Gasteiger partial charge in [-0.15, -0.1) is 0 Å². The van der Waals surface area contributed by atoms with Crippen LogP contribution in [-0.4, -0.2) is 22.1 Å². The van der Waals surface area contributed by atoms with Crippen molar-refractivity contribution >= 4 is 28.6 Å². The third kappa shape index (κ3) is 3.05. The third-order valence-electron chi connectivity index (χ3n) is 3.60. The number of hydrogen-bond donors (Lipinski definition) is 1. The first-order valence-corrected chi connectivity index (χ1v) is 7.71. The molecule has 0 spiro atoms. The van der Waals surface area contributed by atoms with E-state index in [0.717, 1.165) is 5.56 Å². The summed E-state index contributed by atoms with van der Waals surface area (Å²) < 4.78 is 20.1. The van der Waals surface area contributed by atoms with E-state index < -0.39 is 11.8 Å². The summed E-state index contributed by atoms with van der Waals surface area (Å²) in [6.45, 7) is 2.23. The van der Waals surface area contributed by atoms with Crippen LogP contribution in [0.25, 0.3) is 11.0 Å². The lowest BCUT2D eigenvalue weighted by molar-refractivity contribution is 0.0515. The molecule has 0 atom stereocenters. The molecule has 2 aromatic heterocycles. The second-order valence-electron chi connectivity index (χ2n) is 5.21. The minimum atomic E-state index is -0.507. The number of ether oxygens (including phenoxy) is 1. The van der Waals surface area contributed by atoms with Crippen molar-refractivity contribution in [2.45, 2.75) is 13.5 Å². The van der Waals surface area contributed by atoms with E-state index in [0.29, 0.717) is 16.7 Å². The number of esters is 1. The molecule has 0 bridgehead atoms. The van der Waals surface area contributed by atoms with E-state index in [-0.39, 0.29) is 23.7 Å². The molecule has 5 nitrogen and oxygen atoms in total. The fraction of sp³-hybridized carbons (Fsp3) is 0.176. The Morgan fingerprint density at radius 1 is 1.29 bits per heavy atom. The Hall–Kier alpha value is -2.60. The quantitative estimate of drug-likeness (QED) is 0.735. The molecule has 24 heavy (non-hydrogen) atoms. The number of aromatic nitrogens is 2. The maximum Gasteiger partial charge on any atom is 0.355 e. The first kappa shape index (κ1) is 16.3. The van der Waals surface area contributed by atoms with Crippen LogP contribution in [0.5, 0.6) is 0 Å². The number of rotatable bonds is 4. The average molecular weight is 349 g/mol. The van der Waals surface area contributed by atoms with Crippen LogP contribution in [0.15, 0.2) is 41.2 Å². The molecule has 0 aliphatic heterocycles. The topological polar surface area (TPSA) is 64.1 Å². The Morgan fingerprint density at radius 2 is 2.08 bits per heavy atom. The molecular weight excluding hydrogens is 335 g/mol. The number of fused-ring (bicyclic) bond motifs is 1. The summed E-state index contributed by atoms with van der Waals surface area (Å²) in [7, 11) is 0. The van der Waals surface area contributed by atoms with Crippen molar-refractivity contribution in [2.75, 3.05) is 6.61 Å². The summed E-state index contributed by atoms with van der Waals surface area (Å²) in [6.07, 6.45) is 0. The predicted octanol–water partition coefficient (Wildman–Crippen LogP) is 3.35. The molecule has 0 fully saturated rings. The van der Waals surface area contributed by atoms with Gasteiger partial charge in [-0.3, -0.25) is 4.79 Å². The molecule has 124 valence electrons. The summed E-state index contributed by atoms with van der Waals surface area (Å²) in [5, 5.41) is 0.00931. The van der Waals surface area contributed by atoms with Crippen molar-refractivity contribution in [3.63, 3.8) is 0 Å². The lowest BCUT2D eigenvalue weighted by atomic mass is 10.2. The van der Waals surface area contributed by atoms with Crippen LogP contribution in [0.2, 0.25) is 5.02 Å². The molecule has 3 aromatic rings. The van der Waals surface area contributed by atoms with Crippen LogP contribution in [0.3, 0.4) is 0 Å². The van der Waals surface area contributed by atoms with Gasteiger partial charge in [0.05, 0.1) is 22.7 Å². The lowest BCUT2D eigenvalue weighted by Gasteiger charge is -2.10. The van der Waals surface area contributed by atoms with E-state index in [1.807, 2.05) is 0 Å². The smallest absolute Gasteiger partial charge is 0.355 e. The lowest BCUT2D eigenvalue weighted by Crippen LogP contribution is -2.13. The number of H-pyrrole nitrogens is 1. The summed E-state index contributed by atoms with van der Waals surface area (Å²) in [6, 6.07) is 8.94. The first-order valence-electron chi connectivity index (χ1n) is 7.33. The molecule has 1 aromatic carbocycles. The van der Waals surface area contributed by atoms with Crippen LogP contribution in [0.4, 0.5) is 4.39 Å². The molecule has 0 saturated carbocycles. The zero-order valence-electron chi connectivity index (χ0n) is 12.8. The summed E-state index contributed by atoms with van der Waals surface area (Å²) >= 11 is 5.82. The third-order valence-corrected chi connectivity index (χ3v) is 3.89. The molecule has 7 heteroatoms. The van der Waals surface area contributed by atoms with E-state index in [9.17, 15) is 14.0 Å². The van der Waals surface area contributed by atoms with Crippen LogP contribution < -0.4 is 5.56 Å². The van der Waals surface area contributed by atoms with E-state index in [1.165, 1.54) is 18.2 Å². The molecule has 0 amide bonds. The number of carbonyl (C=O) groups is 1. The fourth-order valence-corrected chi connectivity index (χ4v) is 2.74. The maximum atomic E-state index is 13.3. The highest BCUT2D eigenvalue weighted by Crippen LogP contribution is 2.22. The summed E-state index contributed by atoms with van der Waals surface area (Å²) in [5.41, 5.74) is 1.95. The van der Waals surface area contributed by atoms with Gasteiger partial charge in [-0.25, -0.2) is 9.18 Å². The fourth-order valence-electron chi connectivity index (χ4n) is 2.54. The van der Waals surface area contributed by atoms with Gasteiger partial charge in [0.1, 0.15) is 11.5 Å². The second kappa shape index (κ2) is 6.49. The van der Waals surface area contributed by atoms with Crippen molar-refractivity contribution in [3.8, 4) is 0 Å². The Kier molecular flexibility index (Phi) is 4.40. The molecule has 0 aliphatic rings. The number of carbonyl (C=O) groups excluding carboxylic acids is 1. The van der Waals surface area contributed by atoms with Crippen LogP contribution in [-0.2, 0) is 11.3 Å². The zero-order valence-corrected chi connectivity index (χ0v) is 13.6. The Bertz CT molecular complexity index is 978. The number of nitrogens with zero attached hydrogens (tertiary/aromatic N) is 1. The number of aromatic amines is 1. The first-order chi connectivity index (χ1) is 11.5. The van der Waals surface area contributed by atoms with Crippen molar-refractivity contribution < 1.29 is 13.9 Å². The minimum Gasteiger partial charge on any atom is -0.461 e. The summed E-state index contributed by atoms with van der Waals surface area (Å²) in [5.74, 6) is -1.00. The highest BCUT2D eigenvalue weighted by molar-refractivity contribution is 6.30. The van der Waals surface area contributed by atoms with E-state index in [4.69, 9.17) is 16.3 Å². The van der Waals surface area contributed by atoms with Gasteiger partial charge < -0.3 is 14.3 Å². The maximum absolute atomic E-state index is 13.3. The highest BCUT2D eigenvalue weighted by Gasteiger charge is 2.17. The van der Waals surface area contributed by atoms with Gasteiger partial charge >= 0.3 is 5.97 Å². The molecule has 3 rings (SSSR count). The minimum absolute atomic E-state index is 0.00931. The van der Waals surface area contributed by atoms with Gasteiger partial charge in [0.2, 0.25) is 5.56 Å². The van der Waals surface area contributed by atoms with Crippen LogP contribution >= 0.6 is 11.6 Å². The van der Waals surface area contributed by atoms with Crippen molar-refractivity contribution in [3.05, 3.63) is 68.8 Å². The molecular formula is C17H14ClFN2O3. The Labute approximate surface area is 141 Å². The van der Waals surface area contributed by atoms with Crippen molar-refractivity contribution in [2.24, 2.45) is 0 Å². The molecule has 0 radical (unpaired) electrons. The standard InChI is InChI=1S/C17H14ClFN2O3/c1-2-24-17(23)15-8-13-14(5-6-16(22)20-13)21(15)9-10-3-4-12(19)11(18)7-10/h3-8H,2,9H2,1H3,(H,20,22). The highest BCUT2D eigenvalue weighted by atomic mass is 35.5. The Balaban J connectivity index is 2.12. The van der Waals surface area contributed by atoms with E-state index in [1.54, 1.807) is 29.7 Å².